The Labute approximate surface area is 138 Å². The fourth-order valence-corrected chi connectivity index (χ4v) is 2.42. The average Bonchev–Trinajstić information content (AvgIpc) is 3.10. The summed E-state index contributed by atoms with van der Waals surface area (Å²) in [6.07, 6.45) is 1.48. The Hall–Kier alpha value is -2.54. The van der Waals surface area contributed by atoms with Crippen LogP contribution in [0.25, 0.3) is 0 Å². The quantitative estimate of drug-likeness (QED) is 0.595. The standard InChI is InChI=1S/C16H18N2O4S/c1-20-13-5-6-15(21-2)12(8-13)9-18-22-11-16(19)17-10-14-4-3-7-23-14/h3-9H,10-11H2,1-2H3,(H,17,19)/b18-9+. The van der Waals surface area contributed by atoms with E-state index >= 15 is 0 Å². The first-order valence-corrected chi connectivity index (χ1v) is 7.77. The van der Waals surface area contributed by atoms with Gasteiger partial charge in [0.25, 0.3) is 5.91 Å². The van der Waals surface area contributed by atoms with E-state index < -0.39 is 0 Å². The van der Waals surface area contributed by atoms with Crippen LogP contribution >= 0.6 is 11.3 Å². The van der Waals surface area contributed by atoms with E-state index in [9.17, 15) is 4.79 Å². The second-order valence-electron chi connectivity index (χ2n) is 4.47. The summed E-state index contributed by atoms with van der Waals surface area (Å²) >= 11 is 1.59. The molecular weight excluding hydrogens is 316 g/mol. The van der Waals surface area contributed by atoms with Crippen molar-refractivity contribution in [2.24, 2.45) is 5.16 Å². The highest BCUT2D eigenvalue weighted by Gasteiger charge is 2.04. The Morgan fingerprint density at radius 1 is 1.30 bits per heavy atom. The first kappa shape index (κ1) is 16.8. The van der Waals surface area contributed by atoms with Crippen LogP contribution in [0.1, 0.15) is 10.4 Å². The van der Waals surface area contributed by atoms with Crippen LogP contribution in [0, 0.1) is 0 Å². The molecular formula is C16H18N2O4S. The van der Waals surface area contributed by atoms with Gasteiger partial charge in [-0.05, 0) is 29.6 Å². The second-order valence-corrected chi connectivity index (χ2v) is 5.50. The molecule has 0 aliphatic heterocycles. The molecule has 6 nitrogen and oxygen atoms in total. The van der Waals surface area contributed by atoms with Crippen molar-refractivity contribution in [3.8, 4) is 11.5 Å². The highest BCUT2D eigenvalue weighted by atomic mass is 32.1. The molecule has 2 aromatic rings. The Balaban J connectivity index is 1.81. The van der Waals surface area contributed by atoms with Crippen LogP contribution in [0.3, 0.4) is 0 Å². The van der Waals surface area contributed by atoms with Crippen molar-refractivity contribution in [1.82, 2.24) is 5.32 Å². The van der Waals surface area contributed by atoms with Crippen molar-refractivity contribution in [3.05, 3.63) is 46.2 Å². The number of rotatable bonds is 8. The number of methoxy groups -OCH3 is 2. The first-order chi connectivity index (χ1) is 11.2. The maximum absolute atomic E-state index is 11.6. The first-order valence-electron chi connectivity index (χ1n) is 6.89. The van der Waals surface area contributed by atoms with E-state index in [0.29, 0.717) is 23.6 Å². The van der Waals surface area contributed by atoms with Crippen LogP contribution in [-0.2, 0) is 16.2 Å². The molecule has 0 aliphatic carbocycles. The van der Waals surface area contributed by atoms with Crippen molar-refractivity contribution in [2.75, 3.05) is 20.8 Å². The number of hydrogen-bond donors (Lipinski definition) is 1. The molecule has 23 heavy (non-hydrogen) atoms. The minimum absolute atomic E-state index is 0.145. The summed E-state index contributed by atoms with van der Waals surface area (Å²) in [6.45, 7) is 0.349. The third-order valence-corrected chi connectivity index (χ3v) is 3.82. The number of thiophene rings is 1. The molecule has 0 unspecified atom stereocenters. The number of nitrogens with zero attached hydrogens (tertiary/aromatic N) is 1. The van der Waals surface area contributed by atoms with Crippen LogP contribution in [0.4, 0.5) is 0 Å². The van der Waals surface area contributed by atoms with Gasteiger partial charge in [0.1, 0.15) is 11.5 Å². The van der Waals surface area contributed by atoms with E-state index in [2.05, 4.69) is 10.5 Å². The molecule has 0 saturated heterocycles. The van der Waals surface area contributed by atoms with Crippen LogP contribution < -0.4 is 14.8 Å². The van der Waals surface area contributed by atoms with Gasteiger partial charge in [0, 0.05) is 10.4 Å². The minimum atomic E-state index is -0.229. The van der Waals surface area contributed by atoms with Gasteiger partial charge in [-0.25, -0.2) is 0 Å². The Bertz CT molecular complexity index is 656. The van der Waals surface area contributed by atoms with Gasteiger partial charge < -0.3 is 19.6 Å². The lowest BCUT2D eigenvalue weighted by Gasteiger charge is -2.06. The zero-order valence-electron chi connectivity index (χ0n) is 12.9. The van der Waals surface area contributed by atoms with Gasteiger partial charge in [-0.3, -0.25) is 4.79 Å². The second kappa shape index (κ2) is 8.79. The number of benzene rings is 1. The molecule has 1 N–H and O–H groups in total. The number of hydrogen-bond acceptors (Lipinski definition) is 6. The topological polar surface area (TPSA) is 69.1 Å². The number of oxime groups is 1. The zero-order chi connectivity index (χ0) is 16.5. The minimum Gasteiger partial charge on any atom is -0.497 e. The van der Waals surface area contributed by atoms with Gasteiger partial charge in [-0.1, -0.05) is 11.2 Å². The summed E-state index contributed by atoms with van der Waals surface area (Å²) in [5, 5.41) is 8.51. The van der Waals surface area contributed by atoms with Gasteiger partial charge in [-0.2, -0.15) is 0 Å². The Morgan fingerprint density at radius 3 is 2.87 bits per heavy atom. The molecule has 0 aliphatic rings. The van der Waals surface area contributed by atoms with E-state index in [-0.39, 0.29) is 12.5 Å². The molecule has 2 rings (SSSR count). The van der Waals surface area contributed by atoms with E-state index in [1.165, 1.54) is 6.21 Å². The van der Waals surface area contributed by atoms with E-state index in [1.807, 2.05) is 17.5 Å². The lowest BCUT2D eigenvalue weighted by atomic mass is 10.2. The molecule has 1 amide bonds. The fraction of sp³-hybridized carbons (Fsp3) is 0.250. The van der Waals surface area contributed by atoms with Crippen molar-refractivity contribution in [3.63, 3.8) is 0 Å². The van der Waals surface area contributed by atoms with Crippen molar-refractivity contribution in [2.45, 2.75) is 6.54 Å². The number of carbonyl (C=O) groups excluding carboxylic acids is 1. The molecule has 7 heteroatoms. The zero-order valence-corrected chi connectivity index (χ0v) is 13.8. The van der Waals surface area contributed by atoms with Crippen LogP contribution in [0.2, 0.25) is 0 Å². The predicted molar refractivity (Wildman–Crippen MR) is 89.3 cm³/mol. The summed E-state index contributed by atoms with van der Waals surface area (Å²) in [5.41, 5.74) is 0.700. The Kier molecular flexibility index (Phi) is 6.43. The highest BCUT2D eigenvalue weighted by molar-refractivity contribution is 7.09. The van der Waals surface area contributed by atoms with Gasteiger partial charge in [0.2, 0.25) is 0 Å². The molecule has 0 saturated carbocycles. The number of carbonyl (C=O) groups is 1. The summed E-state index contributed by atoms with van der Waals surface area (Å²) in [5.74, 6) is 1.09. The maximum Gasteiger partial charge on any atom is 0.261 e. The monoisotopic (exact) mass is 334 g/mol. The molecule has 0 radical (unpaired) electrons. The number of nitrogens with one attached hydrogen (secondary N) is 1. The number of amides is 1. The lowest BCUT2D eigenvalue weighted by Crippen LogP contribution is -2.26. The van der Waals surface area contributed by atoms with Gasteiger partial charge in [0.15, 0.2) is 6.61 Å². The van der Waals surface area contributed by atoms with Crippen molar-refractivity contribution >= 4 is 23.5 Å². The smallest absolute Gasteiger partial charge is 0.261 e. The molecule has 1 aromatic heterocycles. The molecule has 1 aromatic carbocycles. The lowest BCUT2D eigenvalue weighted by molar-refractivity contribution is -0.125. The van der Waals surface area contributed by atoms with E-state index in [1.54, 1.807) is 43.8 Å². The normalized spacial score (nSPS) is 10.5. The Morgan fingerprint density at radius 2 is 2.17 bits per heavy atom. The van der Waals surface area contributed by atoms with Crippen LogP contribution in [-0.4, -0.2) is 32.9 Å². The van der Waals surface area contributed by atoms with Gasteiger partial charge in [-0.15, -0.1) is 11.3 Å². The third-order valence-electron chi connectivity index (χ3n) is 2.94. The highest BCUT2D eigenvalue weighted by Crippen LogP contribution is 2.22. The SMILES string of the molecule is COc1ccc(OC)c(/C=N/OCC(=O)NCc2cccs2)c1. The molecule has 1 heterocycles. The number of ether oxygens (including phenoxy) is 2. The maximum atomic E-state index is 11.6. The van der Waals surface area contributed by atoms with Crippen LogP contribution in [0.5, 0.6) is 11.5 Å². The summed E-state index contributed by atoms with van der Waals surface area (Å²) in [4.78, 5) is 17.7. The average molecular weight is 334 g/mol. The largest absolute Gasteiger partial charge is 0.497 e. The predicted octanol–water partition coefficient (Wildman–Crippen LogP) is 2.43. The van der Waals surface area contributed by atoms with Crippen LogP contribution in [0.15, 0.2) is 40.9 Å². The summed E-state index contributed by atoms with van der Waals surface area (Å²) in [6, 6.07) is 9.22. The molecule has 122 valence electrons. The van der Waals surface area contributed by atoms with Crippen molar-refractivity contribution < 1.29 is 19.1 Å². The molecule has 0 spiro atoms. The van der Waals surface area contributed by atoms with Gasteiger partial charge >= 0.3 is 0 Å². The van der Waals surface area contributed by atoms with E-state index in [0.717, 1.165) is 4.88 Å². The van der Waals surface area contributed by atoms with E-state index in [4.69, 9.17) is 14.3 Å². The van der Waals surface area contributed by atoms with Crippen molar-refractivity contribution in [1.29, 1.82) is 0 Å². The third kappa shape index (κ3) is 5.30. The molecule has 0 atom stereocenters. The molecule has 0 fully saturated rings. The molecule has 0 bridgehead atoms. The summed E-state index contributed by atoms with van der Waals surface area (Å²) in [7, 11) is 3.15. The summed E-state index contributed by atoms with van der Waals surface area (Å²) < 4.78 is 10.4. The fourth-order valence-electron chi connectivity index (χ4n) is 1.78. The van der Waals surface area contributed by atoms with Gasteiger partial charge in [0.05, 0.1) is 27.0 Å².